The minimum absolute atomic E-state index is 0.121. The fourth-order valence-electron chi connectivity index (χ4n) is 4.95. The molecule has 0 spiro atoms. The first-order valence-electron chi connectivity index (χ1n) is 11.7. The van der Waals surface area contributed by atoms with Crippen LogP contribution in [0.4, 0.5) is 11.4 Å². The third-order valence-corrected chi connectivity index (χ3v) is 6.93. The molecule has 0 fully saturated rings. The van der Waals surface area contributed by atoms with Gasteiger partial charge in [-0.05, 0) is 43.5 Å². The van der Waals surface area contributed by atoms with Gasteiger partial charge in [-0.25, -0.2) is 4.98 Å². The Morgan fingerprint density at radius 3 is 3.00 bits per heavy atom. The fraction of sp³-hybridized carbons (Fsp3) is 0.269. The van der Waals surface area contributed by atoms with E-state index in [9.17, 15) is 4.79 Å². The molecule has 0 aliphatic carbocycles. The number of fused-ring (bicyclic) bond motifs is 3. The van der Waals surface area contributed by atoms with E-state index < -0.39 is 0 Å². The maximum Gasteiger partial charge on any atom is 0.255 e. The number of amides is 1. The Morgan fingerprint density at radius 1 is 1.20 bits per heavy atom. The number of pyridine rings is 2. The highest BCUT2D eigenvalue weighted by Crippen LogP contribution is 2.44. The van der Waals surface area contributed by atoms with Gasteiger partial charge in [0.15, 0.2) is 5.75 Å². The first kappa shape index (κ1) is 21.7. The molecule has 8 nitrogen and oxygen atoms in total. The van der Waals surface area contributed by atoms with E-state index in [2.05, 4.69) is 20.6 Å². The van der Waals surface area contributed by atoms with Crippen molar-refractivity contribution in [2.75, 3.05) is 25.6 Å². The lowest BCUT2D eigenvalue weighted by atomic mass is 9.91. The van der Waals surface area contributed by atoms with Crippen LogP contribution in [0.2, 0.25) is 5.02 Å². The van der Waals surface area contributed by atoms with E-state index >= 15 is 0 Å². The van der Waals surface area contributed by atoms with Crippen molar-refractivity contribution in [3.8, 4) is 22.9 Å². The van der Waals surface area contributed by atoms with Crippen molar-refractivity contribution in [1.29, 1.82) is 0 Å². The van der Waals surface area contributed by atoms with Crippen LogP contribution in [0.25, 0.3) is 22.3 Å². The number of halogens is 1. The average molecular weight is 490 g/mol. The van der Waals surface area contributed by atoms with Crippen LogP contribution in [0.3, 0.4) is 0 Å². The largest absolute Gasteiger partial charge is 0.493 e. The third kappa shape index (κ3) is 3.74. The molecule has 1 atom stereocenters. The predicted octanol–water partition coefficient (Wildman–Crippen LogP) is 5.42. The van der Waals surface area contributed by atoms with Crippen LogP contribution in [0.5, 0.6) is 11.6 Å². The standard InChI is InChI=1S/C26H24ClN5O3/c1-34-25-16(27)6-4-7-18(25)30-24-20-21-14(13-29-26(20)33)5-2-3-12-35-19-9-8-17-22(31-19)15(10-11-28-17)23(24)32-21/h4,6-11,14,30,32H,2-3,5,12-13H2,1H3,(H,29,33)/t14-/m0/s1. The van der Waals surface area contributed by atoms with Crippen molar-refractivity contribution in [2.45, 2.75) is 25.2 Å². The predicted molar refractivity (Wildman–Crippen MR) is 135 cm³/mol. The van der Waals surface area contributed by atoms with Crippen LogP contribution in [-0.4, -0.2) is 41.1 Å². The van der Waals surface area contributed by atoms with Gasteiger partial charge in [0.05, 0.1) is 46.9 Å². The van der Waals surface area contributed by atoms with E-state index in [0.29, 0.717) is 52.3 Å². The van der Waals surface area contributed by atoms with Crippen LogP contribution in [0, 0.1) is 0 Å². The molecule has 0 saturated heterocycles. The van der Waals surface area contributed by atoms with Crippen molar-refractivity contribution >= 4 is 39.9 Å². The topological polar surface area (TPSA) is 101 Å². The SMILES string of the molecule is COc1c(Cl)cccc1Nc1c2[nH]c3c1C(=O)NC[C@@H]3CCCCOc1ccc3nccc-2c3n1. The van der Waals surface area contributed by atoms with Crippen molar-refractivity contribution < 1.29 is 14.3 Å². The lowest BCUT2D eigenvalue weighted by Crippen LogP contribution is -2.35. The zero-order valence-corrected chi connectivity index (χ0v) is 19.9. The van der Waals surface area contributed by atoms with Gasteiger partial charge in [0, 0.05) is 36.0 Å². The maximum absolute atomic E-state index is 13.2. The van der Waals surface area contributed by atoms with Gasteiger partial charge in [0.1, 0.15) is 5.52 Å². The Kier molecular flexibility index (Phi) is 5.45. The molecule has 1 aromatic carbocycles. The molecule has 4 bridgehead atoms. The number of carbonyl (C=O) groups is 1. The summed E-state index contributed by atoms with van der Waals surface area (Å²) < 4.78 is 11.5. The van der Waals surface area contributed by atoms with Crippen LogP contribution in [0.1, 0.15) is 41.2 Å². The summed E-state index contributed by atoms with van der Waals surface area (Å²) in [5.41, 5.74) is 5.86. The monoisotopic (exact) mass is 489 g/mol. The highest BCUT2D eigenvalue weighted by molar-refractivity contribution is 6.32. The van der Waals surface area contributed by atoms with Gasteiger partial charge in [-0.15, -0.1) is 0 Å². The Morgan fingerprint density at radius 2 is 2.11 bits per heavy atom. The van der Waals surface area contributed by atoms with Gasteiger partial charge in [-0.1, -0.05) is 17.7 Å². The highest BCUT2D eigenvalue weighted by Gasteiger charge is 2.33. The number of carbonyl (C=O) groups excluding carboxylic acids is 1. The van der Waals surface area contributed by atoms with E-state index in [1.54, 1.807) is 19.4 Å². The van der Waals surface area contributed by atoms with E-state index in [1.807, 2.05) is 30.3 Å². The normalized spacial score (nSPS) is 17.1. The molecule has 0 unspecified atom stereocenters. The zero-order valence-electron chi connectivity index (χ0n) is 19.2. The van der Waals surface area contributed by atoms with E-state index in [1.165, 1.54) is 0 Å². The summed E-state index contributed by atoms with van der Waals surface area (Å²) in [7, 11) is 1.57. The number of benzene rings is 1. The van der Waals surface area contributed by atoms with Gasteiger partial charge in [0.2, 0.25) is 5.88 Å². The molecule has 2 aliphatic heterocycles. The van der Waals surface area contributed by atoms with E-state index in [-0.39, 0.29) is 11.8 Å². The van der Waals surface area contributed by atoms with Crippen molar-refractivity contribution in [3.63, 3.8) is 0 Å². The van der Waals surface area contributed by atoms with Crippen molar-refractivity contribution in [2.24, 2.45) is 0 Å². The number of hydrogen-bond donors (Lipinski definition) is 3. The number of para-hydroxylation sites is 1. The van der Waals surface area contributed by atoms with E-state index in [4.69, 9.17) is 26.1 Å². The minimum atomic E-state index is -0.121. The van der Waals surface area contributed by atoms with Crippen LogP contribution in [0.15, 0.2) is 42.6 Å². The number of aromatic amines is 1. The number of nitrogens with one attached hydrogen (secondary N) is 3. The maximum atomic E-state index is 13.2. The highest BCUT2D eigenvalue weighted by atomic mass is 35.5. The molecule has 9 heteroatoms. The molecular formula is C26H24ClN5O3. The number of H-pyrrole nitrogens is 1. The lowest BCUT2D eigenvalue weighted by Gasteiger charge is -2.24. The van der Waals surface area contributed by atoms with Gasteiger partial charge < -0.3 is 25.1 Å². The number of ether oxygens (including phenoxy) is 2. The first-order chi connectivity index (χ1) is 17.1. The van der Waals surface area contributed by atoms with Crippen LogP contribution >= 0.6 is 11.6 Å². The molecule has 0 saturated carbocycles. The number of aromatic nitrogens is 3. The number of rotatable bonds is 3. The molecule has 178 valence electrons. The number of hydrogen-bond acceptors (Lipinski definition) is 6. The van der Waals surface area contributed by atoms with Gasteiger partial charge in [-0.2, -0.15) is 0 Å². The number of anilines is 2. The molecule has 1 amide bonds. The third-order valence-electron chi connectivity index (χ3n) is 6.63. The summed E-state index contributed by atoms with van der Waals surface area (Å²) in [6, 6.07) is 11.1. The first-order valence-corrected chi connectivity index (χ1v) is 12.0. The molecule has 2 aliphatic rings. The molecular weight excluding hydrogens is 466 g/mol. The quantitative estimate of drug-likeness (QED) is 0.355. The summed E-state index contributed by atoms with van der Waals surface area (Å²) in [5, 5.41) is 7.02. The second-order valence-corrected chi connectivity index (χ2v) is 9.14. The van der Waals surface area contributed by atoms with Crippen molar-refractivity contribution in [3.05, 3.63) is 58.9 Å². The molecule has 4 aromatic rings. The summed E-state index contributed by atoms with van der Waals surface area (Å²) >= 11 is 6.40. The van der Waals surface area contributed by atoms with Gasteiger partial charge in [-0.3, -0.25) is 9.78 Å². The second kappa shape index (κ2) is 8.78. The molecule has 6 rings (SSSR count). The van der Waals surface area contributed by atoms with Crippen molar-refractivity contribution in [1.82, 2.24) is 20.3 Å². The summed E-state index contributed by atoms with van der Waals surface area (Å²) in [6.07, 6.45) is 4.54. The van der Waals surface area contributed by atoms with Gasteiger partial charge >= 0.3 is 0 Å². The molecule has 0 radical (unpaired) electrons. The number of nitrogens with zero attached hydrogens (tertiary/aromatic N) is 2. The average Bonchev–Trinajstić information content (AvgIpc) is 3.24. The minimum Gasteiger partial charge on any atom is -0.493 e. The van der Waals surface area contributed by atoms with Crippen LogP contribution < -0.4 is 20.1 Å². The lowest BCUT2D eigenvalue weighted by molar-refractivity contribution is 0.0939. The Labute approximate surface area is 207 Å². The molecule has 3 aromatic heterocycles. The fourth-order valence-corrected chi connectivity index (χ4v) is 5.20. The second-order valence-electron chi connectivity index (χ2n) is 8.74. The zero-order chi connectivity index (χ0) is 23.9. The Balaban J connectivity index is 1.63. The molecule has 5 heterocycles. The summed E-state index contributed by atoms with van der Waals surface area (Å²) in [5.74, 6) is 1.10. The molecule has 35 heavy (non-hydrogen) atoms. The van der Waals surface area contributed by atoms with E-state index in [0.717, 1.165) is 41.7 Å². The molecule has 3 N–H and O–H groups in total. The number of methoxy groups -OCH3 is 1. The Bertz CT molecular complexity index is 1450. The Hall–Kier alpha value is -3.78. The van der Waals surface area contributed by atoms with Gasteiger partial charge in [0.25, 0.3) is 5.91 Å². The summed E-state index contributed by atoms with van der Waals surface area (Å²) in [6.45, 7) is 1.18. The van der Waals surface area contributed by atoms with Crippen LogP contribution in [-0.2, 0) is 0 Å². The smallest absolute Gasteiger partial charge is 0.255 e. The summed E-state index contributed by atoms with van der Waals surface area (Å²) in [4.78, 5) is 26.1.